The average molecular weight is 311 g/mol. The maximum Gasteiger partial charge on any atom is 0.328 e. The van der Waals surface area contributed by atoms with Crippen LogP contribution in [0.25, 0.3) is 6.08 Å². The fraction of sp³-hybridized carbons (Fsp3) is 0.357. The lowest BCUT2D eigenvalue weighted by Crippen LogP contribution is -2.44. The molecule has 1 atom stereocenters. The Morgan fingerprint density at radius 1 is 1.38 bits per heavy atom. The van der Waals surface area contributed by atoms with E-state index in [4.69, 9.17) is 9.84 Å². The molecule has 0 bridgehead atoms. The molecule has 1 saturated heterocycles. The van der Waals surface area contributed by atoms with Crippen molar-refractivity contribution in [1.29, 1.82) is 0 Å². The summed E-state index contributed by atoms with van der Waals surface area (Å²) in [4.78, 5) is 10.6. The van der Waals surface area contributed by atoms with Gasteiger partial charge in [-0.1, -0.05) is 12.1 Å². The molecule has 114 valence electrons. The number of sulfonamides is 1. The van der Waals surface area contributed by atoms with Gasteiger partial charge in [0.05, 0.1) is 17.6 Å². The molecule has 1 fully saturated rings. The van der Waals surface area contributed by atoms with Gasteiger partial charge in [-0.25, -0.2) is 13.2 Å². The van der Waals surface area contributed by atoms with Crippen molar-refractivity contribution in [3.63, 3.8) is 0 Å². The van der Waals surface area contributed by atoms with E-state index < -0.39 is 16.0 Å². The SMILES string of the molecule is CC1CN(S(=O)(=O)c2ccc(/C=C/C(=O)O)cc2)CCO1. The largest absolute Gasteiger partial charge is 0.478 e. The van der Waals surface area contributed by atoms with Crippen LogP contribution in [-0.4, -0.2) is 49.6 Å². The third-order valence-electron chi connectivity index (χ3n) is 3.14. The number of aliphatic carboxylic acids is 1. The first-order chi connectivity index (χ1) is 9.89. The zero-order valence-corrected chi connectivity index (χ0v) is 12.4. The molecule has 6 nitrogen and oxygen atoms in total. The zero-order chi connectivity index (χ0) is 15.5. The Bertz CT molecular complexity index is 636. The molecule has 0 radical (unpaired) electrons. The van der Waals surface area contributed by atoms with Crippen LogP contribution in [0.3, 0.4) is 0 Å². The van der Waals surface area contributed by atoms with Crippen molar-refractivity contribution in [3.8, 4) is 0 Å². The number of carboxylic acid groups (broad SMARTS) is 1. The molecular formula is C14H17NO5S. The number of carbonyl (C=O) groups is 1. The van der Waals surface area contributed by atoms with Crippen molar-refractivity contribution in [3.05, 3.63) is 35.9 Å². The van der Waals surface area contributed by atoms with Gasteiger partial charge in [0, 0.05) is 19.2 Å². The topological polar surface area (TPSA) is 83.9 Å². The predicted octanol–water partition coefficient (Wildman–Crippen LogP) is 1.19. The van der Waals surface area contributed by atoms with Crippen LogP contribution in [0, 0.1) is 0 Å². The number of nitrogens with zero attached hydrogens (tertiary/aromatic N) is 1. The van der Waals surface area contributed by atoms with E-state index >= 15 is 0 Å². The Labute approximate surface area is 123 Å². The highest BCUT2D eigenvalue weighted by molar-refractivity contribution is 7.89. The number of carboxylic acids is 1. The van der Waals surface area contributed by atoms with E-state index in [0.29, 0.717) is 25.3 Å². The molecule has 0 aliphatic carbocycles. The molecule has 21 heavy (non-hydrogen) atoms. The summed E-state index contributed by atoms with van der Waals surface area (Å²) >= 11 is 0. The maximum atomic E-state index is 12.5. The minimum atomic E-state index is -3.53. The number of morpholine rings is 1. The van der Waals surface area contributed by atoms with Gasteiger partial charge in [-0.2, -0.15) is 4.31 Å². The fourth-order valence-electron chi connectivity index (χ4n) is 2.07. The molecule has 1 aromatic carbocycles. The number of benzene rings is 1. The Hall–Kier alpha value is -1.70. The highest BCUT2D eigenvalue weighted by atomic mass is 32.2. The van der Waals surface area contributed by atoms with Crippen LogP contribution in [0.2, 0.25) is 0 Å². The lowest BCUT2D eigenvalue weighted by molar-refractivity contribution is -0.131. The van der Waals surface area contributed by atoms with E-state index in [0.717, 1.165) is 6.08 Å². The molecule has 0 amide bonds. The molecule has 1 unspecified atom stereocenters. The molecule has 1 aromatic rings. The Balaban J connectivity index is 2.19. The van der Waals surface area contributed by atoms with E-state index in [1.165, 1.54) is 22.5 Å². The molecule has 0 aromatic heterocycles. The first-order valence-corrected chi connectivity index (χ1v) is 7.96. The summed E-state index contributed by atoms with van der Waals surface area (Å²) in [6.45, 7) is 2.90. The molecular weight excluding hydrogens is 294 g/mol. The molecule has 1 aliphatic heterocycles. The summed E-state index contributed by atoms with van der Waals surface area (Å²) in [5, 5.41) is 8.55. The predicted molar refractivity (Wildman–Crippen MR) is 77.3 cm³/mol. The van der Waals surface area contributed by atoms with Gasteiger partial charge in [0.1, 0.15) is 0 Å². The molecule has 1 aliphatic rings. The lowest BCUT2D eigenvalue weighted by Gasteiger charge is -2.30. The third-order valence-corrected chi connectivity index (χ3v) is 5.02. The Kier molecular flexibility index (Phi) is 4.76. The van der Waals surface area contributed by atoms with Crippen LogP contribution in [-0.2, 0) is 19.6 Å². The number of ether oxygens (including phenoxy) is 1. The number of hydrogen-bond acceptors (Lipinski definition) is 4. The fourth-order valence-corrected chi connectivity index (χ4v) is 3.57. The van der Waals surface area contributed by atoms with Gasteiger partial charge in [0.25, 0.3) is 0 Å². The lowest BCUT2D eigenvalue weighted by atomic mass is 10.2. The van der Waals surface area contributed by atoms with Crippen molar-refractivity contribution >= 4 is 22.1 Å². The van der Waals surface area contributed by atoms with Crippen molar-refractivity contribution in [2.75, 3.05) is 19.7 Å². The smallest absolute Gasteiger partial charge is 0.328 e. The molecule has 1 N–H and O–H groups in total. The van der Waals surface area contributed by atoms with Crippen LogP contribution >= 0.6 is 0 Å². The van der Waals surface area contributed by atoms with Crippen LogP contribution < -0.4 is 0 Å². The van der Waals surface area contributed by atoms with Gasteiger partial charge in [-0.05, 0) is 30.7 Å². The maximum absolute atomic E-state index is 12.5. The normalized spacial score (nSPS) is 20.7. The molecule has 2 rings (SSSR count). The van der Waals surface area contributed by atoms with Crippen LogP contribution in [0.4, 0.5) is 0 Å². The van der Waals surface area contributed by atoms with Crippen LogP contribution in [0.5, 0.6) is 0 Å². The highest BCUT2D eigenvalue weighted by Gasteiger charge is 2.28. The third kappa shape index (κ3) is 3.90. The average Bonchev–Trinajstić information content (AvgIpc) is 2.45. The van der Waals surface area contributed by atoms with E-state index in [1.54, 1.807) is 12.1 Å². The quantitative estimate of drug-likeness (QED) is 0.845. The van der Waals surface area contributed by atoms with Gasteiger partial charge in [0.15, 0.2) is 0 Å². The van der Waals surface area contributed by atoms with Crippen molar-refractivity contribution in [1.82, 2.24) is 4.31 Å². The number of hydrogen-bond donors (Lipinski definition) is 1. The summed E-state index contributed by atoms with van der Waals surface area (Å²) in [5.41, 5.74) is 0.631. The van der Waals surface area contributed by atoms with E-state index in [9.17, 15) is 13.2 Å². The summed E-state index contributed by atoms with van der Waals surface area (Å²) in [5.74, 6) is -1.05. The summed E-state index contributed by atoms with van der Waals surface area (Å²) in [6.07, 6.45) is 2.30. The monoisotopic (exact) mass is 311 g/mol. The number of rotatable bonds is 4. The second-order valence-corrected chi connectivity index (χ2v) is 6.72. The van der Waals surface area contributed by atoms with E-state index in [1.807, 2.05) is 6.92 Å². The molecule has 0 saturated carbocycles. The van der Waals surface area contributed by atoms with E-state index in [-0.39, 0.29) is 11.0 Å². The highest BCUT2D eigenvalue weighted by Crippen LogP contribution is 2.19. The zero-order valence-electron chi connectivity index (χ0n) is 11.6. The molecule has 1 heterocycles. The van der Waals surface area contributed by atoms with Crippen LogP contribution in [0.1, 0.15) is 12.5 Å². The van der Waals surface area contributed by atoms with Crippen molar-refractivity contribution in [2.45, 2.75) is 17.9 Å². The van der Waals surface area contributed by atoms with Crippen LogP contribution in [0.15, 0.2) is 35.2 Å². The van der Waals surface area contributed by atoms with Gasteiger partial charge >= 0.3 is 5.97 Å². The second kappa shape index (κ2) is 6.38. The molecule has 0 spiro atoms. The second-order valence-electron chi connectivity index (χ2n) is 4.79. The summed E-state index contributed by atoms with van der Waals surface area (Å²) in [7, 11) is -3.53. The Morgan fingerprint density at radius 3 is 2.62 bits per heavy atom. The molecule has 7 heteroatoms. The minimum Gasteiger partial charge on any atom is -0.478 e. The minimum absolute atomic E-state index is 0.119. The summed E-state index contributed by atoms with van der Waals surface area (Å²) < 4.78 is 31.7. The first-order valence-electron chi connectivity index (χ1n) is 6.52. The standard InChI is InChI=1S/C14H17NO5S/c1-11-10-15(8-9-20-11)21(18,19)13-5-2-12(3-6-13)4-7-14(16)17/h2-7,11H,8-10H2,1H3,(H,16,17)/b7-4+. The van der Waals surface area contributed by atoms with Crippen molar-refractivity contribution in [2.24, 2.45) is 0 Å². The van der Waals surface area contributed by atoms with Gasteiger partial charge in [0.2, 0.25) is 10.0 Å². The van der Waals surface area contributed by atoms with Gasteiger partial charge < -0.3 is 9.84 Å². The Morgan fingerprint density at radius 2 is 2.05 bits per heavy atom. The van der Waals surface area contributed by atoms with Gasteiger partial charge in [-0.15, -0.1) is 0 Å². The van der Waals surface area contributed by atoms with Gasteiger partial charge in [-0.3, -0.25) is 0 Å². The first kappa shape index (κ1) is 15.7. The van der Waals surface area contributed by atoms with E-state index in [2.05, 4.69) is 0 Å². The summed E-state index contributed by atoms with van der Waals surface area (Å²) in [6, 6.07) is 6.13. The van der Waals surface area contributed by atoms with Crippen molar-refractivity contribution < 1.29 is 23.1 Å².